The Morgan fingerprint density at radius 1 is 1.26 bits per heavy atom. The van der Waals surface area contributed by atoms with Gasteiger partial charge in [0.15, 0.2) is 0 Å². The molecule has 8 nitrogen and oxygen atoms in total. The summed E-state index contributed by atoms with van der Waals surface area (Å²) in [6.45, 7) is 8.23. The minimum absolute atomic E-state index is 0.107. The molecule has 1 aromatic carbocycles. The molecule has 1 aromatic rings. The molecule has 0 amide bonds. The van der Waals surface area contributed by atoms with Crippen molar-refractivity contribution in [1.82, 2.24) is 0 Å². The van der Waals surface area contributed by atoms with Gasteiger partial charge in [-0.15, -0.1) is 0 Å². The van der Waals surface area contributed by atoms with Crippen molar-refractivity contribution in [2.24, 2.45) is 16.4 Å². The summed E-state index contributed by atoms with van der Waals surface area (Å²) in [5, 5.41) is 26.2. The number of nitro groups is 2. The Morgan fingerprint density at radius 2 is 1.96 bits per heavy atom. The van der Waals surface area contributed by atoms with E-state index in [0.717, 1.165) is 24.5 Å². The maximum atomic E-state index is 11.2. The van der Waals surface area contributed by atoms with Crippen LogP contribution in [0.2, 0.25) is 0 Å². The lowest BCUT2D eigenvalue weighted by molar-refractivity contribution is -0.393. The van der Waals surface area contributed by atoms with Crippen LogP contribution in [0.5, 0.6) is 0 Å². The highest BCUT2D eigenvalue weighted by atomic mass is 16.6. The Balaban J connectivity index is 2.23. The number of anilines is 1. The molecular weight excluding hydrogens is 348 g/mol. The van der Waals surface area contributed by atoms with Gasteiger partial charge in [0.2, 0.25) is 0 Å². The summed E-state index contributed by atoms with van der Waals surface area (Å²) in [6, 6.07) is 3.42. The van der Waals surface area contributed by atoms with Crippen LogP contribution in [0.3, 0.4) is 0 Å². The van der Waals surface area contributed by atoms with Gasteiger partial charge in [-0.1, -0.05) is 32.1 Å². The first-order valence-electron chi connectivity index (χ1n) is 8.70. The number of benzene rings is 1. The second kappa shape index (κ2) is 8.11. The fraction of sp³-hybridized carbons (Fsp3) is 0.421. The Kier molecular flexibility index (Phi) is 6.09. The highest BCUT2D eigenvalue weighted by Gasteiger charge is 2.27. The largest absolute Gasteiger partial charge is 0.301 e. The maximum Gasteiger partial charge on any atom is 0.301 e. The summed E-state index contributed by atoms with van der Waals surface area (Å²) in [7, 11) is 0. The summed E-state index contributed by atoms with van der Waals surface area (Å²) < 4.78 is 0. The first-order chi connectivity index (χ1) is 12.6. The zero-order valence-electron chi connectivity index (χ0n) is 15.9. The van der Waals surface area contributed by atoms with Gasteiger partial charge in [0, 0.05) is 12.0 Å². The van der Waals surface area contributed by atoms with Crippen molar-refractivity contribution < 1.29 is 9.85 Å². The van der Waals surface area contributed by atoms with Crippen LogP contribution in [0, 0.1) is 31.6 Å². The van der Waals surface area contributed by atoms with Gasteiger partial charge in [-0.3, -0.25) is 25.7 Å². The molecule has 0 spiro atoms. The molecule has 8 heteroatoms. The van der Waals surface area contributed by atoms with E-state index in [1.807, 2.05) is 13.8 Å². The molecule has 0 saturated carbocycles. The van der Waals surface area contributed by atoms with Gasteiger partial charge in [0.1, 0.15) is 5.69 Å². The molecule has 1 aliphatic carbocycles. The van der Waals surface area contributed by atoms with Gasteiger partial charge in [-0.25, -0.2) is 0 Å². The lowest BCUT2D eigenvalue weighted by Gasteiger charge is -2.33. The van der Waals surface area contributed by atoms with Gasteiger partial charge in [-0.05, 0) is 43.7 Å². The molecule has 1 aliphatic rings. The van der Waals surface area contributed by atoms with Gasteiger partial charge in [0.25, 0.3) is 5.69 Å². The van der Waals surface area contributed by atoms with Crippen molar-refractivity contribution >= 4 is 22.8 Å². The van der Waals surface area contributed by atoms with Crippen LogP contribution in [-0.2, 0) is 0 Å². The molecule has 27 heavy (non-hydrogen) atoms. The van der Waals surface area contributed by atoms with E-state index < -0.39 is 15.5 Å². The SMILES string of the molecule is CC(=C/[C@@H]1C=CCCC1(C)C)/C(C)=N\Nc1ccc([N+](=O)[O-])cc1[N+](=O)[O-]. The number of non-ortho nitro benzene ring substituents is 1. The minimum Gasteiger partial charge on any atom is -0.271 e. The lowest BCUT2D eigenvalue weighted by atomic mass is 9.71. The van der Waals surface area contributed by atoms with Crippen molar-refractivity contribution in [1.29, 1.82) is 0 Å². The Labute approximate surface area is 158 Å². The van der Waals surface area contributed by atoms with Crippen LogP contribution in [0.25, 0.3) is 0 Å². The molecule has 1 atom stereocenters. The highest BCUT2D eigenvalue weighted by Crippen LogP contribution is 2.38. The average Bonchev–Trinajstić information content (AvgIpc) is 2.60. The Hall–Kier alpha value is -3.03. The maximum absolute atomic E-state index is 11.2. The summed E-state index contributed by atoms with van der Waals surface area (Å²) in [5.41, 5.74) is 3.87. The third-order valence-corrected chi connectivity index (χ3v) is 4.93. The number of nitrogens with one attached hydrogen (secondary N) is 1. The smallest absolute Gasteiger partial charge is 0.271 e. The van der Waals surface area contributed by atoms with Crippen LogP contribution in [0.1, 0.15) is 40.5 Å². The fourth-order valence-corrected chi connectivity index (χ4v) is 2.91. The third-order valence-electron chi connectivity index (χ3n) is 4.93. The minimum atomic E-state index is -0.669. The predicted octanol–water partition coefficient (Wildman–Crippen LogP) is 5.23. The monoisotopic (exact) mass is 372 g/mol. The number of nitrogens with zero attached hydrogens (tertiary/aromatic N) is 3. The summed E-state index contributed by atoms with van der Waals surface area (Å²) >= 11 is 0. The quantitative estimate of drug-likeness (QED) is 0.318. The molecule has 1 N–H and O–H groups in total. The average molecular weight is 372 g/mol. The molecule has 144 valence electrons. The van der Waals surface area contributed by atoms with Crippen LogP contribution in [-0.4, -0.2) is 15.6 Å². The van der Waals surface area contributed by atoms with E-state index in [4.69, 9.17) is 0 Å². The first kappa shape index (κ1) is 20.3. The molecule has 0 aromatic heterocycles. The van der Waals surface area contributed by atoms with E-state index in [9.17, 15) is 20.2 Å². The Morgan fingerprint density at radius 3 is 2.56 bits per heavy atom. The van der Waals surface area contributed by atoms with Crippen molar-refractivity contribution in [2.75, 3.05) is 5.43 Å². The third kappa shape index (κ3) is 4.99. The zero-order chi connectivity index (χ0) is 20.2. The van der Waals surface area contributed by atoms with E-state index in [1.54, 1.807) is 0 Å². The van der Waals surface area contributed by atoms with Crippen LogP contribution < -0.4 is 5.43 Å². The molecule has 0 heterocycles. The molecule has 2 rings (SSSR count). The van der Waals surface area contributed by atoms with E-state index >= 15 is 0 Å². The lowest BCUT2D eigenvalue weighted by Crippen LogP contribution is -2.23. The normalized spacial score (nSPS) is 19.6. The van der Waals surface area contributed by atoms with E-state index in [0.29, 0.717) is 11.6 Å². The number of hydrogen-bond donors (Lipinski definition) is 1. The molecule has 0 radical (unpaired) electrons. The van der Waals surface area contributed by atoms with E-state index in [1.165, 1.54) is 12.1 Å². The van der Waals surface area contributed by atoms with Crippen LogP contribution in [0.15, 0.2) is 47.1 Å². The van der Waals surface area contributed by atoms with Gasteiger partial charge in [0.05, 0.1) is 21.6 Å². The first-order valence-corrected chi connectivity index (χ1v) is 8.70. The molecule has 0 fully saturated rings. The van der Waals surface area contributed by atoms with Gasteiger partial charge < -0.3 is 0 Å². The number of hydrazone groups is 1. The predicted molar refractivity (Wildman–Crippen MR) is 106 cm³/mol. The fourth-order valence-electron chi connectivity index (χ4n) is 2.91. The number of allylic oxidation sites excluding steroid dienone is 4. The standard InChI is InChI=1S/C19H24N4O4/c1-13(11-15-7-5-6-10-19(15,3)4)14(2)20-21-17-9-8-16(22(24)25)12-18(17)23(26)27/h5,7-9,11-12,15,21H,6,10H2,1-4H3/b13-11-,20-14-/t15-/m0/s1. The van der Waals surface area contributed by atoms with Crippen LogP contribution in [0.4, 0.5) is 17.1 Å². The molecule has 0 bridgehead atoms. The van der Waals surface area contributed by atoms with Gasteiger partial charge >= 0.3 is 5.69 Å². The molecule has 0 saturated heterocycles. The zero-order valence-corrected chi connectivity index (χ0v) is 15.9. The molecule has 0 unspecified atom stereocenters. The molecular formula is C19H24N4O4. The summed E-state index contributed by atoms with van der Waals surface area (Å²) in [5.74, 6) is 0.296. The van der Waals surface area contributed by atoms with Gasteiger partial charge in [-0.2, -0.15) is 5.10 Å². The van der Waals surface area contributed by atoms with Crippen molar-refractivity contribution in [3.63, 3.8) is 0 Å². The Bertz CT molecular complexity index is 840. The number of rotatable bonds is 6. The van der Waals surface area contributed by atoms with Crippen LogP contribution >= 0.6 is 0 Å². The number of hydrogen-bond acceptors (Lipinski definition) is 6. The second-order valence-corrected chi connectivity index (χ2v) is 7.36. The van der Waals surface area contributed by atoms with Crippen molar-refractivity contribution in [3.05, 3.63) is 62.2 Å². The van der Waals surface area contributed by atoms with E-state index in [2.05, 4.69) is 42.6 Å². The molecule has 0 aliphatic heterocycles. The van der Waals surface area contributed by atoms with E-state index in [-0.39, 0.29) is 16.8 Å². The highest BCUT2D eigenvalue weighted by molar-refractivity contribution is 5.98. The van der Waals surface area contributed by atoms with Crippen molar-refractivity contribution in [2.45, 2.75) is 40.5 Å². The topological polar surface area (TPSA) is 111 Å². The van der Waals surface area contributed by atoms with Crippen molar-refractivity contribution in [3.8, 4) is 0 Å². The number of nitro benzene ring substituents is 2. The summed E-state index contributed by atoms with van der Waals surface area (Å²) in [6.07, 6.45) is 8.73. The second-order valence-electron chi connectivity index (χ2n) is 7.36. The summed E-state index contributed by atoms with van der Waals surface area (Å²) in [4.78, 5) is 20.7.